The molecule has 8 nitrogen and oxygen atoms in total. The van der Waals surface area contributed by atoms with Crippen molar-refractivity contribution in [3.05, 3.63) is 101 Å². The number of urea groups is 1. The molecule has 240 valence electrons. The van der Waals surface area contributed by atoms with Crippen LogP contribution in [-0.4, -0.2) is 60.6 Å². The van der Waals surface area contributed by atoms with Crippen molar-refractivity contribution < 1.29 is 19.1 Å². The fraction of sp³-hybridized carbons (Fsp3) is 0.432. The Balaban J connectivity index is 1.48. The van der Waals surface area contributed by atoms with E-state index in [-0.39, 0.29) is 42.5 Å². The minimum absolute atomic E-state index is 0.0479. The second-order valence-corrected chi connectivity index (χ2v) is 12.4. The summed E-state index contributed by atoms with van der Waals surface area (Å²) in [6.07, 6.45) is 3.41. The van der Waals surface area contributed by atoms with E-state index in [0.29, 0.717) is 38.8 Å². The van der Waals surface area contributed by atoms with Gasteiger partial charge >= 0.3 is 6.03 Å². The number of aryl methyl sites for hydroxylation is 2. The van der Waals surface area contributed by atoms with E-state index in [0.717, 1.165) is 34.4 Å². The van der Waals surface area contributed by atoms with Gasteiger partial charge in [-0.05, 0) is 74.1 Å². The highest BCUT2D eigenvalue weighted by molar-refractivity contribution is 5.87. The summed E-state index contributed by atoms with van der Waals surface area (Å²) in [4.78, 5) is 41.3. The van der Waals surface area contributed by atoms with Gasteiger partial charge in [-0.25, -0.2) is 4.79 Å². The highest BCUT2D eigenvalue weighted by atomic mass is 16.5. The Labute approximate surface area is 267 Å². The Hall–Kier alpha value is -4.33. The van der Waals surface area contributed by atoms with E-state index in [1.807, 2.05) is 82.3 Å². The van der Waals surface area contributed by atoms with Crippen LogP contribution in [0.4, 0.5) is 4.79 Å². The van der Waals surface area contributed by atoms with Crippen molar-refractivity contribution in [3.63, 3.8) is 0 Å². The van der Waals surface area contributed by atoms with E-state index in [2.05, 4.69) is 40.2 Å². The summed E-state index contributed by atoms with van der Waals surface area (Å²) in [5.74, 6) is 0.361. The Morgan fingerprint density at radius 3 is 1.91 bits per heavy atom. The molecule has 0 spiro atoms. The van der Waals surface area contributed by atoms with Crippen molar-refractivity contribution in [2.24, 2.45) is 5.92 Å². The van der Waals surface area contributed by atoms with Gasteiger partial charge in [0.25, 0.3) is 5.91 Å². The van der Waals surface area contributed by atoms with Crippen LogP contribution in [0.2, 0.25) is 0 Å². The third kappa shape index (κ3) is 10.1. The number of carbonyl (C=O) groups excluding carboxylic acids is 3. The molecule has 3 aromatic carbocycles. The molecule has 1 aliphatic rings. The molecule has 1 unspecified atom stereocenters. The molecule has 1 heterocycles. The normalized spacial score (nSPS) is 15.1. The summed E-state index contributed by atoms with van der Waals surface area (Å²) < 4.78 is 5.95. The first-order valence-electron chi connectivity index (χ1n) is 16.1. The van der Waals surface area contributed by atoms with Crippen molar-refractivity contribution in [2.45, 2.75) is 77.9 Å². The third-order valence-corrected chi connectivity index (χ3v) is 8.33. The number of nitrogens with zero attached hydrogens (tertiary/aromatic N) is 1. The molecule has 4 amide bonds. The molecule has 3 atom stereocenters. The maximum Gasteiger partial charge on any atom is 0.318 e. The minimum Gasteiger partial charge on any atom is -0.483 e. The van der Waals surface area contributed by atoms with Crippen molar-refractivity contribution in [1.29, 1.82) is 0 Å². The average molecular weight is 613 g/mol. The van der Waals surface area contributed by atoms with Gasteiger partial charge in [-0.1, -0.05) is 92.7 Å². The van der Waals surface area contributed by atoms with Gasteiger partial charge in [-0.15, -0.1) is 0 Å². The van der Waals surface area contributed by atoms with E-state index in [4.69, 9.17) is 4.74 Å². The number of hydrogen-bond donors (Lipinski definition) is 3. The fourth-order valence-electron chi connectivity index (χ4n) is 6.09. The Kier molecular flexibility index (Phi) is 12.4. The molecule has 3 N–H and O–H groups in total. The van der Waals surface area contributed by atoms with E-state index >= 15 is 0 Å². The van der Waals surface area contributed by atoms with Crippen LogP contribution < -0.4 is 20.7 Å². The largest absolute Gasteiger partial charge is 0.483 e. The lowest BCUT2D eigenvalue weighted by molar-refractivity contribution is -0.128. The summed E-state index contributed by atoms with van der Waals surface area (Å²) in [7, 11) is 0. The summed E-state index contributed by atoms with van der Waals surface area (Å²) in [6.45, 7) is 9.01. The van der Waals surface area contributed by atoms with Gasteiger partial charge in [0, 0.05) is 25.2 Å². The van der Waals surface area contributed by atoms with Crippen molar-refractivity contribution in [3.8, 4) is 5.75 Å². The number of rotatable bonds is 15. The first-order valence-corrected chi connectivity index (χ1v) is 16.1. The number of ether oxygens (including phenoxy) is 1. The lowest BCUT2D eigenvalue weighted by atomic mass is 9.94. The maximum absolute atomic E-state index is 13.8. The molecule has 0 radical (unpaired) electrons. The number of nitrogens with one attached hydrogen (secondary N) is 3. The second kappa shape index (κ2) is 16.7. The summed E-state index contributed by atoms with van der Waals surface area (Å²) in [5.41, 5.74) is 4.22. The predicted octanol–water partition coefficient (Wildman–Crippen LogP) is 5.36. The zero-order valence-corrected chi connectivity index (χ0v) is 27.1. The zero-order chi connectivity index (χ0) is 32.2. The standard InChI is InChI=1S/C37H48N4O4/c1-26(2)34(41-22-12-21-38-37(41)44)36(43)40-32(24-30-17-9-6-10-18-30)20-19-31(23-29-15-7-5-8-16-29)39-33(42)25-45-35-27(3)13-11-14-28(35)4/h5-11,13-18,26,31-32,34H,12,19-25H2,1-4H3,(H,38,44)(H,39,42)(H,40,43)/t31-,32-,34?/m1/s1. The van der Waals surface area contributed by atoms with Crippen molar-refractivity contribution in [2.75, 3.05) is 19.7 Å². The molecular formula is C37H48N4O4. The predicted molar refractivity (Wildman–Crippen MR) is 178 cm³/mol. The van der Waals surface area contributed by atoms with E-state index < -0.39 is 6.04 Å². The number of amides is 4. The molecule has 0 bridgehead atoms. The van der Waals surface area contributed by atoms with Crippen LogP contribution >= 0.6 is 0 Å². The molecule has 1 fully saturated rings. The SMILES string of the molecule is Cc1cccc(C)c1OCC(=O)N[C@H](CC[C@H](Cc1ccccc1)NC(=O)C(C(C)C)N1CCCNC1=O)Cc1ccccc1. The van der Waals surface area contributed by atoms with Gasteiger partial charge in [0.15, 0.2) is 6.61 Å². The molecule has 4 rings (SSSR count). The maximum atomic E-state index is 13.8. The molecule has 0 aliphatic carbocycles. The van der Waals surface area contributed by atoms with Crippen LogP contribution in [0.3, 0.4) is 0 Å². The van der Waals surface area contributed by atoms with Gasteiger partial charge in [0.2, 0.25) is 5.91 Å². The molecular weight excluding hydrogens is 564 g/mol. The zero-order valence-electron chi connectivity index (χ0n) is 27.1. The molecule has 0 saturated carbocycles. The third-order valence-electron chi connectivity index (χ3n) is 8.33. The van der Waals surface area contributed by atoms with Crippen LogP contribution in [0.5, 0.6) is 5.75 Å². The van der Waals surface area contributed by atoms with Gasteiger partial charge < -0.3 is 25.6 Å². The average Bonchev–Trinajstić information content (AvgIpc) is 3.01. The number of benzene rings is 3. The fourth-order valence-corrected chi connectivity index (χ4v) is 6.09. The summed E-state index contributed by atoms with van der Waals surface area (Å²) in [6, 6.07) is 25.0. The lowest BCUT2D eigenvalue weighted by Crippen LogP contribution is -2.59. The molecule has 1 aliphatic heterocycles. The van der Waals surface area contributed by atoms with E-state index in [1.165, 1.54) is 0 Å². The van der Waals surface area contributed by atoms with Crippen LogP contribution in [-0.2, 0) is 22.4 Å². The number of hydrogen-bond acceptors (Lipinski definition) is 4. The summed E-state index contributed by atoms with van der Waals surface area (Å²) in [5, 5.41) is 9.39. The second-order valence-electron chi connectivity index (χ2n) is 12.4. The summed E-state index contributed by atoms with van der Waals surface area (Å²) >= 11 is 0. The first kappa shape index (κ1) is 33.6. The first-order chi connectivity index (χ1) is 21.7. The smallest absolute Gasteiger partial charge is 0.318 e. The van der Waals surface area contributed by atoms with Crippen LogP contribution in [0.25, 0.3) is 0 Å². The van der Waals surface area contributed by atoms with Gasteiger partial charge in [-0.2, -0.15) is 0 Å². The van der Waals surface area contributed by atoms with Crippen LogP contribution in [0.15, 0.2) is 78.9 Å². The molecule has 45 heavy (non-hydrogen) atoms. The van der Waals surface area contributed by atoms with Crippen molar-refractivity contribution >= 4 is 17.8 Å². The molecule has 3 aromatic rings. The highest BCUT2D eigenvalue weighted by Gasteiger charge is 2.34. The lowest BCUT2D eigenvalue weighted by Gasteiger charge is -2.37. The molecule has 0 aromatic heterocycles. The molecule has 8 heteroatoms. The quantitative estimate of drug-likeness (QED) is 0.215. The number of carbonyl (C=O) groups is 3. The van der Waals surface area contributed by atoms with Crippen LogP contribution in [0, 0.1) is 19.8 Å². The topological polar surface area (TPSA) is 99.8 Å². The van der Waals surface area contributed by atoms with Gasteiger partial charge in [0.1, 0.15) is 11.8 Å². The Morgan fingerprint density at radius 2 is 1.38 bits per heavy atom. The Bertz CT molecular complexity index is 1380. The van der Waals surface area contributed by atoms with Gasteiger partial charge in [-0.3, -0.25) is 9.59 Å². The van der Waals surface area contributed by atoms with Crippen LogP contribution in [0.1, 0.15) is 55.4 Å². The minimum atomic E-state index is -0.564. The Morgan fingerprint density at radius 1 is 0.822 bits per heavy atom. The van der Waals surface area contributed by atoms with E-state index in [9.17, 15) is 14.4 Å². The van der Waals surface area contributed by atoms with Gasteiger partial charge in [0.05, 0.1) is 0 Å². The van der Waals surface area contributed by atoms with E-state index in [1.54, 1.807) is 4.90 Å². The van der Waals surface area contributed by atoms with Crippen molar-refractivity contribution in [1.82, 2.24) is 20.9 Å². The molecule has 1 saturated heterocycles. The highest BCUT2D eigenvalue weighted by Crippen LogP contribution is 2.22. The monoisotopic (exact) mass is 612 g/mol. The number of para-hydroxylation sites is 1.